The second-order valence-corrected chi connectivity index (χ2v) is 7.26. The van der Waals surface area contributed by atoms with Crippen molar-refractivity contribution in [3.8, 4) is 0 Å². The van der Waals surface area contributed by atoms with Crippen LogP contribution in [-0.2, 0) is 23.8 Å². The maximum atomic E-state index is 12.4. The van der Waals surface area contributed by atoms with Gasteiger partial charge >= 0.3 is 0 Å². The van der Waals surface area contributed by atoms with Gasteiger partial charge in [0.1, 0.15) is 18.3 Å². The van der Waals surface area contributed by atoms with Crippen molar-refractivity contribution >= 4 is 11.6 Å². The third-order valence-corrected chi connectivity index (χ3v) is 4.06. The number of ether oxygens (including phenoxy) is 3. The van der Waals surface area contributed by atoms with E-state index in [9.17, 15) is 9.59 Å². The minimum atomic E-state index is -1.04. The Morgan fingerprint density at radius 1 is 0.920 bits per heavy atom. The molecule has 5 nitrogen and oxygen atoms in total. The number of ketones is 2. The molecule has 0 saturated heterocycles. The maximum Gasteiger partial charge on any atom is 0.189 e. The first kappa shape index (κ1) is 24.2. The third kappa shape index (κ3) is 10.7. The number of hydrogen-bond acceptors (Lipinski definition) is 5. The summed E-state index contributed by atoms with van der Waals surface area (Å²) in [5.74, 6) is -0.206. The molecule has 25 heavy (non-hydrogen) atoms. The Bertz CT molecular complexity index is 376. The molecule has 0 saturated carbocycles. The number of carbonyl (C=O) groups excluding carboxylic acids is 2. The molecule has 0 spiro atoms. The smallest absolute Gasteiger partial charge is 0.189 e. The van der Waals surface area contributed by atoms with Gasteiger partial charge in [-0.15, -0.1) is 0 Å². The molecule has 148 valence electrons. The zero-order chi connectivity index (χ0) is 19.3. The fourth-order valence-corrected chi connectivity index (χ4v) is 2.25. The predicted molar refractivity (Wildman–Crippen MR) is 99.9 cm³/mol. The van der Waals surface area contributed by atoms with Crippen LogP contribution in [0.25, 0.3) is 0 Å². The fraction of sp³-hybridized carbons (Fsp3) is 0.900. The molecule has 0 aromatic carbocycles. The van der Waals surface area contributed by atoms with Crippen molar-refractivity contribution in [2.75, 3.05) is 26.4 Å². The van der Waals surface area contributed by atoms with Crippen LogP contribution in [0.1, 0.15) is 73.6 Å². The summed E-state index contributed by atoms with van der Waals surface area (Å²) in [7, 11) is 0. The molecule has 0 bridgehead atoms. The highest BCUT2D eigenvalue weighted by atomic mass is 16.5. The first-order chi connectivity index (χ1) is 11.8. The zero-order valence-electron chi connectivity index (χ0n) is 17.1. The molecular weight excluding hydrogens is 320 g/mol. The van der Waals surface area contributed by atoms with Gasteiger partial charge in [-0.2, -0.15) is 0 Å². The number of Topliss-reactive ketones (excluding diaryl/α,β-unsaturated/α-hetero) is 2. The molecular formula is C20H38O5. The Labute approximate surface area is 153 Å². The summed E-state index contributed by atoms with van der Waals surface area (Å²) in [6, 6.07) is 0. The van der Waals surface area contributed by atoms with Crippen LogP contribution >= 0.6 is 0 Å². The van der Waals surface area contributed by atoms with Gasteiger partial charge in [0, 0.05) is 12.5 Å². The van der Waals surface area contributed by atoms with Crippen LogP contribution in [0.4, 0.5) is 0 Å². The van der Waals surface area contributed by atoms with Crippen molar-refractivity contribution < 1.29 is 23.8 Å². The Balaban J connectivity index is 4.38. The van der Waals surface area contributed by atoms with E-state index in [1.54, 1.807) is 13.8 Å². The van der Waals surface area contributed by atoms with Crippen molar-refractivity contribution in [2.24, 2.45) is 5.92 Å². The van der Waals surface area contributed by atoms with Gasteiger partial charge < -0.3 is 14.2 Å². The lowest BCUT2D eigenvalue weighted by Crippen LogP contribution is -2.44. The van der Waals surface area contributed by atoms with E-state index in [-0.39, 0.29) is 24.1 Å². The number of hydrogen-bond donors (Lipinski definition) is 0. The maximum absolute atomic E-state index is 12.4. The van der Waals surface area contributed by atoms with E-state index in [2.05, 4.69) is 13.8 Å². The molecule has 0 aliphatic heterocycles. The Morgan fingerprint density at radius 3 is 2.08 bits per heavy atom. The lowest BCUT2D eigenvalue weighted by Gasteiger charge is -2.30. The van der Waals surface area contributed by atoms with Crippen molar-refractivity contribution in [2.45, 2.75) is 85.4 Å². The Hall–Kier alpha value is -0.780. The molecule has 0 heterocycles. The van der Waals surface area contributed by atoms with E-state index in [1.165, 1.54) is 0 Å². The van der Waals surface area contributed by atoms with Gasteiger partial charge in [0.05, 0.1) is 13.2 Å². The summed E-state index contributed by atoms with van der Waals surface area (Å²) in [6.45, 7) is 12.9. The van der Waals surface area contributed by atoms with Gasteiger partial charge in [0.15, 0.2) is 11.6 Å². The summed E-state index contributed by atoms with van der Waals surface area (Å²) in [6.07, 6.45) is 4.13. The molecule has 1 unspecified atom stereocenters. The van der Waals surface area contributed by atoms with E-state index in [0.29, 0.717) is 19.6 Å². The summed E-state index contributed by atoms with van der Waals surface area (Å²) >= 11 is 0. The third-order valence-electron chi connectivity index (χ3n) is 4.06. The first-order valence-corrected chi connectivity index (χ1v) is 9.66. The summed E-state index contributed by atoms with van der Waals surface area (Å²) in [5, 5.41) is 0. The number of unbranched alkanes of at least 4 members (excludes halogenated alkanes) is 2. The van der Waals surface area contributed by atoms with Crippen molar-refractivity contribution in [1.82, 2.24) is 0 Å². The van der Waals surface area contributed by atoms with Crippen molar-refractivity contribution in [3.63, 3.8) is 0 Å². The van der Waals surface area contributed by atoms with Gasteiger partial charge in [-0.1, -0.05) is 47.0 Å². The molecule has 0 radical (unpaired) electrons. The largest absolute Gasteiger partial charge is 0.379 e. The standard InChI is InChI=1S/C20H38O5/c1-7-9-11-17(19(22)16(3)4)25-20(5,6)18(21)15-24-14-13-23-12-10-8-2/h16-17H,7-15H2,1-6H3. The Kier molecular flexibility index (Phi) is 13.0. The predicted octanol–water partition coefficient (Wildman–Crippen LogP) is 3.97. The van der Waals surface area contributed by atoms with E-state index in [1.807, 2.05) is 13.8 Å². The molecule has 0 rings (SSSR count). The quantitative estimate of drug-likeness (QED) is 0.391. The molecule has 1 atom stereocenters. The molecule has 0 aliphatic rings. The monoisotopic (exact) mass is 358 g/mol. The van der Waals surface area contributed by atoms with Crippen LogP contribution in [0.3, 0.4) is 0 Å². The number of rotatable bonds is 16. The summed E-state index contributed by atoms with van der Waals surface area (Å²) < 4.78 is 16.7. The second-order valence-electron chi connectivity index (χ2n) is 7.26. The van der Waals surface area contributed by atoms with Crippen LogP contribution in [-0.4, -0.2) is 49.7 Å². The minimum Gasteiger partial charge on any atom is -0.379 e. The van der Waals surface area contributed by atoms with Crippen LogP contribution in [0.2, 0.25) is 0 Å². The zero-order valence-corrected chi connectivity index (χ0v) is 17.1. The fourth-order valence-electron chi connectivity index (χ4n) is 2.25. The molecule has 5 heteroatoms. The SMILES string of the molecule is CCCCOCCOCC(=O)C(C)(C)OC(CCCC)C(=O)C(C)C. The van der Waals surface area contributed by atoms with E-state index >= 15 is 0 Å². The normalized spacial score (nSPS) is 13.2. The highest BCUT2D eigenvalue weighted by Gasteiger charge is 2.34. The van der Waals surface area contributed by atoms with Gasteiger partial charge in [-0.05, 0) is 26.7 Å². The lowest BCUT2D eigenvalue weighted by molar-refractivity contribution is -0.160. The van der Waals surface area contributed by atoms with Gasteiger partial charge in [-0.3, -0.25) is 9.59 Å². The molecule has 0 N–H and O–H groups in total. The van der Waals surface area contributed by atoms with Crippen molar-refractivity contribution in [3.05, 3.63) is 0 Å². The van der Waals surface area contributed by atoms with Crippen molar-refractivity contribution in [1.29, 1.82) is 0 Å². The molecule has 0 fully saturated rings. The van der Waals surface area contributed by atoms with Crippen LogP contribution in [0.5, 0.6) is 0 Å². The summed E-state index contributed by atoms with van der Waals surface area (Å²) in [4.78, 5) is 24.8. The van der Waals surface area contributed by atoms with Gasteiger partial charge in [-0.25, -0.2) is 0 Å². The van der Waals surface area contributed by atoms with E-state index < -0.39 is 11.7 Å². The van der Waals surface area contributed by atoms with Crippen LogP contribution in [0, 0.1) is 5.92 Å². The highest BCUT2D eigenvalue weighted by Crippen LogP contribution is 2.20. The Morgan fingerprint density at radius 2 is 1.52 bits per heavy atom. The summed E-state index contributed by atoms with van der Waals surface area (Å²) in [5.41, 5.74) is -1.04. The molecule has 0 amide bonds. The average Bonchev–Trinajstić information content (AvgIpc) is 2.56. The minimum absolute atomic E-state index is 0.0273. The lowest BCUT2D eigenvalue weighted by atomic mass is 9.97. The highest BCUT2D eigenvalue weighted by molar-refractivity contribution is 5.89. The van der Waals surface area contributed by atoms with Crippen LogP contribution in [0.15, 0.2) is 0 Å². The molecule has 0 aromatic heterocycles. The molecule has 0 aromatic rings. The average molecular weight is 359 g/mol. The van der Waals surface area contributed by atoms with Gasteiger partial charge in [0.2, 0.25) is 0 Å². The second kappa shape index (κ2) is 13.4. The molecule has 0 aliphatic carbocycles. The van der Waals surface area contributed by atoms with Crippen LogP contribution < -0.4 is 0 Å². The van der Waals surface area contributed by atoms with E-state index in [0.717, 1.165) is 32.3 Å². The topological polar surface area (TPSA) is 61.8 Å². The first-order valence-electron chi connectivity index (χ1n) is 9.66. The van der Waals surface area contributed by atoms with Gasteiger partial charge in [0.25, 0.3) is 0 Å². The van der Waals surface area contributed by atoms with E-state index in [4.69, 9.17) is 14.2 Å². The number of carbonyl (C=O) groups is 2.